The van der Waals surface area contributed by atoms with Crippen LogP contribution in [0, 0.1) is 6.92 Å². The Bertz CT molecular complexity index is 635. The Morgan fingerprint density at radius 2 is 2.21 bits per heavy atom. The minimum absolute atomic E-state index is 0.0894. The van der Waals surface area contributed by atoms with E-state index in [1.807, 2.05) is 6.92 Å². The molecule has 0 radical (unpaired) electrons. The average Bonchev–Trinajstić information content (AvgIpc) is 2.77. The first-order valence-corrected chi connectivity index (χ1v) is 5.77. The molecule has 0 unspecified atom stereocenters. The topological polar surface area (TPSA) is 87.8 Å². The maximum absolute atomic E-state index is 12.2. The molecule has 2 rings (SSSR count). The van der Waals surface area contributed by atoms with Crippen LogP contribution in [0.4, 0.5) is 0 Å². The molecule has 100 valence electrons. The van der Waals surface area contributed by atoms with Crippen LogP contribution in [-0.4, -0.2) is 50.1 Å². The molecular weight excluding hydrogens is 248 g/mol. The van der Waals surface area contributed by atoms with Crippen LogP contribution in [0.3, 0.4) is 0 Å². The standard InChI is InChI=1S/C12H14N4O3/c1-8-3-6-16-11(14-8)9(7-13-16)12(19)15(2)5-4-10(17)18/h3,6-7H,4-5H2,1-2H3,(H,17,18). The van der Waals surface area contributed by atoms with E-state index >= 15 is 0 Å². The number of hydrogen-bond donors (Lipinski definition) is 1. The fraction of sp³-hybridized carbons (Fsp3) is 0.333. The third-order valence-corrected chi connectivity index (χ3v) is 2.75. The summed E-state index contributed by atoms with van der Waals surface area (Å²) in [7, 11) is 1.56. The number of hydrogen-bond acceptors (Lipinski definition) is 4. The van der Waals surface area contributed by atoms with Gasteiger partial charge in [-0.1, -0.05) is 0 Å². The van der Waals surface area contributed by atoms with Gasteiger partial charge in [0.05, 0.1) is 12.6 Å². The molecule has 0 saturated heterocycles. The number of amides is 1. The Morgan fingerprint density at radius 1 is 1.47 bits per heavy atom. The Balaban J connectivity index is 2.26. The van der Waals surface area contributed by atoms with Gasteiger partial charge >= 0.3 is 5.97 Å². The predicted molar refractivity (Wildman–Crippen MR) is 66.9 cm³/mol. The van der Waals surface area contributed by atoms with Crippen molar-refractivity contribution in [2.45, 2.75) is 13.3 Å². The van der Waals surface area contributed by atoms with Crippen molar-refractivity contribution >= 4 is 17.5 Å². The van der Waals surface area contributed by atoms with E-state index in [9.17, 15) is 9.59 Å². The number of carbonyl (C=O) groups excluding carboxylic acids is 1. The van der Waals surface area contributed by atoms with E-state index in [1.165, 1.54) is 15.6 Å². The Kier molecular flexibility index (Phi) is 3.46. The summed E-state index contributed by atoms with van der Waals surface area (Å²) in [6.45, 7) is 1.98. The van der Waals surface area contributed by atoms with E-state index in [0.717, 1.165) is 5.69 Å². The third-order valence-electron chi connectivity index (χ3n) is 2.75. The third kappa shape index (κ3) is 2.70. The van der Waals surface area contributed by atoms with Crippen LogP contribution < -0.4 is 0 Å². The van der Waals surface area contributed by atoms with Gasteiger partial charge in [-0.3, -0.25) is 9.59 Å². The lowest BCUT2D eigenvalue weighted by atomic mass is 10.2. The Labute approximate surface area is 109 Å². The number of nitrogens with zero attached hydrogens (tertiary/aromatic N) is 4. The first-order valence-electron chi connectivity index (χ1n) is 5.77. The minimum atomic E-state index is -0.937. The zero-order chi connectivity index (χ0) is 14.0. The van der Waals surface area contributed by atoms with Gasteiger partial charge in [-0.2, -0.15) is 5.10 Å². The number of rotatable bonds is 4. The van der Waals surface area contributed by atoms with Crippen LogP contribution in [0.15, 0.2) is 18.5 Å². The fourth-order valence-electron chi connectivity index (χ4n) is 1.68. The van der Waals surface area contributed by atoms with Crippen molar-refractivity contribution in [1.29, 1.82) is 0 Å². The molecule has 0 atom stereocenters. The number of carbonyl (C=O) groups is 2. The number of fused-ring (bicyclic) bond motifs is 1. The molecular formula is C12H14N4O3. The average molecular weight is 262 g/mol. The van der Waals surface area contributed by atoms with Crippen LogP contribution in [-0.2, 0) is 4.79 Å². The van der Waals surface area contributed by atoms with Crippen molar-refractivity contribution in [3.05, 3.63) is 29.7 Å². The number of aliphatic carboxylic acids is 1. The van der Waals surface area contributed by atoms with Crippen molar-refractivity contribution in [3.63, 3.8) is 0 Å². The predicted octanol–water partition coefficient (Wildman–Crippen LogP) is 0.584. The molecule has 0 aromatic carbocycles. The first-order chi connectivity index (χ1) is 8.99. The molecule has 2 aromatic heterocycles. The van der Waals surface area contributed by atoms with Gasteiger partial charge in [-0.15, -0.1) is 0 Å². The van der Waals surface area contributed by atoms with E-state index < -0.39 is 5.97 Å². The molecule has 0 bridgehead atoms. The summed E-state index contributed by atoms with van der Waals surface area (Å²) < 4.78 is 1.52. The van der Waals surface area contributed by atoms with Gasteiger partial charge in [0.1, 0.15) is 5.56 Å². The number of carboxylic acid groups (broad SMARTS) is 1. The smallest absolute Gasteiger partial charge is 0.305 e. The molecule has 1 amide bonds. The monoisotopic (exact) mass is 262 g/mol. The SMILES string of the molecule is Cc1ccn2ncc(C(=O)N(C)CCC(=O)O)c2n1. The van der Waals surface area contributed by atoms with Crippen LogP contribution in [0.2, 0.25) is 0 Å². The quantitative estimate of drug-likeness (QED) is 0.871. The molecule has 7 nitrogen and oxygen atoms in total. The summed E-state index contributed by atoms with van der Waals surface area (Å²) in [4.78, 5) is 28.3. The lowest BCUT2D eigenvalue weighted by Gasteiger charge is -2.14. The second kappa shape index (κ2) is 5.05. The normalized spacial score (nSPS) is 10.6. The van der Waals surface area contributed by atoms with Gasteiger partial charge in [0.25, 0.3) is 5.91 Å². The van der Waals surface area contributed by atoms with Gasteiger partial charge in [0.2, 0.25) is 0 Å². The highest BCUT2D eigenvalue weighted by molar-refractivity contribution is 5.99. The summed E-state index contributed by atoms with van der Waals surface area (Å²) in [5.74, 6) is -1.22. The summed E-state index contributed by atoms with van der Waals surface area (Å²) in [6, 6.07) is 1.79. The second-order valence-corrected chi connectivity index (χ2v) is 4.27. The molecule has 0 aliphatic carbocycles. The van der Waals surface area contributed by atoms with E-state index in [2.05, 4.69) is 10.1 Å². The first kappa shape index (κ1) is 13.0. The molecule has 0 aliphatic heterocycles. The minimum Gasteiger partial charge on any atom is -0.481 e. The Morgan fingerprint density at radius 3 is 2.89 bits per heavy atom. The molecule has 1 N–H and O–H groups in total. The lowest BCUT2D eigenvalue weighted by molar-refractivity contribution is -0.137. The van der Waals surface area contributed by atoms with E-state index in [-0.39, 0.29) is 18.9 Å². The summed E-state index contributed by atoms with van der Waals surface area (Å²) >= 11 is 0. The summed E-state index contributed by atoms with van der Waals surface area (Å²) in [5, 5.41) is 12.7. The zero-order valence-electron chi connectivity index (χ0n) is 10.7. The molecule has 19 heavy (non-hydrogen) atoms. The van der Waals surface area contributed by atoms with Gasteiger partial charge in [-0.05, 0) is 13.0 Å². The highest BCUT2D eigenvalue weighted by Gasteiger charge is 2.18. The number of carboxylic acids is 1. The number of aromatic nitrogens is 3. The van der Waals surface area contributed by atoms with Crippen LogP contribution >= 0.6 is 0 Å². The van der Waals surface area contributed by atoms with Crippen LogP contribution in [0.1, 0.15) is 22.5 Å². The molecule has 2 heterocycles. The summed E-state index contributed by atoms with van der Waals surface area (Å²) in [5.41, 5.74) is 1.64. The van der Waals surface area contributed by atoms with Gasteiger partial charge in [0.15, 0.2) is 5.65 Å². The maximum Gasteiger partial charge on any atom is 0.305 e. The van der Waals surface area contributed by atoms with Crippen molar-refractivity contribution in [2.24, 2.45) is 0 Å². The molecule has 0 spiro atoms. The van der Waals surface area contributed by atoms with E-state index in [1.54, 1.807) is 19.3 Å². The highest BCUT2D eigenvalue weighted by Crippen LogP contribution is 2.11. The lowest BCUT2D eigenvalue weighted by Crippen LogP contribution is -2.29. The molecule has 2 aromatic rings. The van der Waals surface area contributed by atoms with Crippen molar-refractivity contribution in [2.75, 3.05) is 13.6 Å². The number of aryl methyl sites for hydroxylation is 1. The van der Waals surface area contributed by atoms with Crippen molar-refractivity contribution in [3.8, 4) is 0 Å². The van der Waals surface area contributed by atoms with E-state index in [4.69, 9.17) is 5.11 Å². The second-order valence-electron chi connectivity index (χ2n) is 4.27. The van der Waals surface area contributed by atoms with Crippen molar-refractivity contribution < 1.29 is 14.7 Å². The fourth-order valence-corrected chi connectivity index (χ4v) is 1.68. The van der Waals surface area contributed by atoms with E-state index in [0.29, 0.717) is 11.2 Å². The van der Waals surface area contributed by atoms with Gasteiger partial charge in [-0.25, -0.2) is 9.50 Å². The van der Waals surface area contributed by atoms with Gasteiger partial charge < -0.3 is 10.0 Å². The molecule has 0 fully saturated rings. The molecule has 0 aliphatic rings. The van der Waals surface area contributed by atoms with Crippen LogP contribution in [0.25, 0.3) is 5.65 Å². The van der Waals surface area contributed by atoms with Crippen LogP contribution in [0.5, 0.6) is 0 Å². The zero-order valence-corrected chi connectivity index (χ0v) is 10.7. The largest absolute Gasteiger partial charge is 0.481 e. The summed E-state index contributed by atoms with van der Waals surface area (Å²) in [6.07, 6.45) is 3.08. The molecule has 0 saturated carbocycles. The molecule has 7 heteroatoms. The van der Waals surface area contributed by atoms with Crippen molar-refractivity contribution in [1.82, 2.24) is 19.5 Å². The highest BCUT2D eigenvalue weighted by atomic mass is 16.4. The van der Waals surface area contributed by atoms with Gasteiger partial charge in [0, 0.05) is 25.5 Å². The maximum atomic E-state index is 12.2. The Hall–Kier alpha value is -2.44.